The van der Waals surface area contributed by atoms with Crippen LogP contribution in [0.2, 0.25) is 0 Å². The van der Waals surface area contributed by atoms with Crippen LogP contribution in [0.25, 0.3) is 5.82 Å². The lowest BCUT2D eigenvalue weighted by Gasteiger charge is -2.39. The second-order valence-corrected chi connectivity index (χ2v) is 8.00. The van der Waals surface area contributed by atoms with Gasteiger partial charge in [0.05, 0.1) is 0 Å². The van der Waals surface area contributed by atoms with Gasteiger partial charge in [-0.3, -0.25) is 9.56 Å². The van der Waals surface area contributed by atoms with Gasteiger partial charge in [-0.1, -0.05) is 43.3 Å². The van der Waals surface area contributed by atoms with Gasteiger partial charge in [0.1, 0.15) is 11.6 Å². The van der Waals surface area contributed by atoms with Crippen molar-refractivity contribution in [3.63, 3.8) is 0 Å². The summed E-state index contributed by atoms with van der Waals surface area (Å²) in [5.74, 6) is 3.97. The number of piperidine rings is 1. The molecule has 30 heavy (non-hydrogen) atoms. The molecule has 0 amide bonds. The molecule has 1 N–H and O–H groups in total. The third-order valence-corrected chi connectivity index (χ3v) is 5.98. The summed E-state index contributed by atoms with van der Waals surface area (Å²) < 4.78 is 1.98. The van der Waals surface area contributed by atoms with Gasteiger partial charge in [-0.05, 0) is 42.4 Å². The van der Waals surface area contributed by atoms with E-state index in [0.717, 1.165) is 42.7 Å². The van der Waals surface area contributed by atoms with Crippen LogP contribution in [0.4, 0.5) is 0 Å². The Morgan fingerprint density at radius 3 is 2.63 bits per heavy atom. The highest BCUT2D eigenvalue weighted by atomic mass is 15.3. The molecule has 3 aromatic rings. The number of benzene rings is 1. The molecule has 6 nitrogen and oxygen atoms in total. The Morgan fingerprint density at radius 2 is 2.00 bits per heavy atom. The van der Waals surface area contributed by atoms with E-state index in [9.17, 15) is 0 Å². The maximum atomic E-state index is 4.58. The zero-order chi connectivity index (χ0) is 20.9. The maximum absolute atomic E-state index is 4.58. The quantitative estimate of drug-likeness (QED) is 0.533. The average Bonchev–Trinajstić information content (AvgIpc) is 3.21. The molecule has 156 valence electrons. The van der Waals surface area contributed by atoms with Crippen molar-refractivity contribution >= 4 is 5.96 Å². The Kier molecular flexibility index (Phi) is 6.12. The van der Waals surface area contributed by atoms with E-state index in [1.165, 1.54) is 5.56 Å². The number of rotatable bonds is 4. The van der Waals surface area contributed by atoms with Crippen molar-refractivity contribution in [1.82, 2.24) is 24.8 Å². The highest BCUT2D eigenvalue weighted by molar-refractivity contribution is 5.80. The molecular weight excluding hydrogens is 372 g/mol. The molecule has 2 unspecified atom stereocenters. The molecule has 2 atom stereocenters. The standard InChI is InChI=1S/C24H30N6/c1-18-17-29(13-11-22(18)21-7-5-4-6-8-21)24(25-3)28-16-20-9-10-23(27-15-20)30-14-12-26-19(30)2/h4-10,12,14-15,18,22H,11,13,16-17H2,1-3H3,(H,25,28). The maximum Gasteiger partial charge on any atom is 0.193 e. The molecule has 4 rings (SSSR count). The molecule has 1 aliphatic rings. The van der Waals surface area contributed by atoms with Gasteiger partial charge in [0.25, 0.3) is 0 Å². The Bertz CT molecular complexity index is 976. The van der Waals surface area contributed by atoms with Crippen LogP contribution in [-0.2, 0) is 6.54 Å². The number of hydrogen-bond donors (Lipinski definition) is 1. The normalized spacial score (nSPS) is 19.7. The number of hydrogen-bond acceptors (Lipinski definition) is 3. The minimum Gasteiger partial charge on any atom is -0.352 e. The first kappa shape index (κ1) is 20.1. The van der Waals surface area contributed by atoms with E-state index in [0.29, 0.717) is 18.4 Å². The monoisotopic (exact) mass is 402 g/mol. The number of imidazole rings is 1. The van der Waals surface area contributed by atoms with E-state index < -0.39 is 0 Å². The van der Waals surface area contributed by atoms with Gasteiger partial charge in [0.15, 0.2) is 5.96 Å². The smallest absolute Gasteiger partial charge is 0.193 e. The second kappa shape index (κ2) is 9.11. The van der Waals surface area contributed by atoms with Crippen molar-refractivity contribution in [2.24, 2.45) is 10.9 Å². The van der Waals surface area contributed by atoms with Gasteiger partial charge >= 0.3 is 0 Å². The molecule has 0 bridgehead atoms. The minimum absolute atomic E-state index is 0.582. The van der Waals surface area contributed by atoms with Crippen molar-refractivity contribution in [3.8, 4) is 5.82 Å². The van der Waals surface area contributed by atoms with Crippen molar-refractivity contribution in [1.29, 1.82) is 0 Å². The number of nitrogens with one attached hydrogen (secondary N) is 1. The molecule has 0 spiro atoms. The molecule has 1 saturated heterocycles. The molecule has 3 heterocycles. The fourth-order valence-electron chi connectivity index (χ4n) is 4.33. The van der Waals surface area contributed by atoms with Crippen LogP contribution >= 0.6 is 0 Å². The van der Waals surface area contributed by atoms with Crippen LogP contribution in [0.1, 0.15) is 36.2 Å². The number of likely N-dealkylation sites (tertiary alicyclic amines) is 1. The number of guanidine groups is 1. The van der Waals surface area contributed by atoms with E-state index in [4.69, 9.17) is 0 Å². The minimum atomic E-state index is 0.582. The van der Waals surface area contributed by atoms with Crippen LogP contribution in [0.3, 0.4) is 0 Å². The first-order valence-electron chi connectivity index (χ1n) is 10.6. The van der Waals surface area contributed by atoms with E-state index in [1.54, 1.807) is 6.20 Å². The third kappa shape index (κ3) is 4.37. The Morgan fingerprint density at radius 1 is 1.17 bits per heavy atom. The molecule has 6 heteroatoms. The third-order valence-electron chi connectivity index (χ3n) is 5.98. The summed E-state index contributed by atoms with van der Waals surface area (Å²) in [7, 11) is 1.86. The highest BCUT2D eigenvalue weighted by Crippen LogP contribution is 2.32. The number of aryl methyl sites for hydroxylation is 1. The van der Waals surface area contributed by atoms with Crippen LogP contribution in [0.5, 0.6) is 0 Å². The van der Waals surface area contributed by atoms with Crippen LogP contribution in [0.15, 0.2) is 66.0 Å². The van der Waals surface area contributed by atoms with E-state index >= 15 is 0 Å². The fraction of sp³-hybridized carbons (Fsp3) is 0.375. The topological polar surface area (TPSA) is 58.3 Å². The number of pyridine rings is 1. The van der Waals surface area contributed by atoms with Gasteiger partial charge in [-0.2, -0.15) is 0 Å². The van der Waals surface area contributed by atoms with Gasteiger partial charge in [-0.15, -0.1) is 0 Å². The summed E-state index contributed by atoms with van der Waals surface area (Å²) in [5, 5.41) is 3.51. The lowest BCUT2D eigenvalue weighted by molar-refractivity contribution is 0.234. The zero-order valence-corrected chi connectivity index (χ0v) is 18.0. The Labute approximate surface area is 178 Å². The van der Waals surface area contributed by atoms with E-state index in [2.05, 4.69) is 68.5 Å². The van der Waals surface area contributed by atoms with Crippen molar-refractivity contribution in [2.45, 2.75) is 32.7 Å². The number of nitrogens with zero attached hydrogens (tertiary/aromatic N) is 5. The van der Waals surface area contributed by atoms with Crippen LogP contribution in [-0.4, -0.2) is 45.5 Å². The molecule has 1 aliphatic heterocycles. The first-order chi connectivity index (χ1) is 14.7. The molecule has 1 aromatic carbocycles. The predicted octanol–water partition coefficient (Wildman–Crippen LogP) is 3.78. The SMILES string of the molecule is CN=C(NCc1ccc(-n2ccnc2C)nc1)N1CCC(c2ccccc2)C(C)C1. The largest absolute Gasteiger partial charge is 0.352 e. The van der Waals surface area contributed by atoms with Crippen molar-refractivity contribution in [2.75, 3.05) is 20.1 Å². The lowest BCUT2D eigenvalue weighted by Crippen LogP contribution is -2.47. The van der Waals surface area contributed by atoms with Crippen LogP contribution in [0, 0.1) is 12.8 Å². The first-order valence-corrected chi connectivity index (χ1v) is 10.6. The summed E-state index contributed by atoms with van der Waals surface area (Å²) in [5.41, 5.74) is 2.58. The van der Waals surface area contributed by atoms with Gasteiger partial charge in [0.2, 0.25) is 0 Å². The molecule has 2 aromatic heterocycles. The van der Waals surface area contributed by atoms with E-state index in [-0.39, 0.29) is 0 Å². The van der Waals surface area contributed by atoms with Gasteiger partial charge in [-0.25, -0.2) is 9.97 Å². The lowest BCUT2D eigenvalue weighted by atomic mass is 9.82. The summed E-state index contributed by atoms with van der Waals surface area (Å²) in [6, 6.07) is 15.0. The summed E-state index contributed by atoms with van der Waals surface area (Å²) >= 11 is 0. The summed E-state index contributed by atoms with van der Waals surface area (Å²) in [6.07, 6.45) is 6.78. The van der Waals surface area contributed by atoms with Gasteiger partial charge in [0, 0.05) is 45.3 Å². The molecule has 1 fully saturated rings. The Balaban J connectivity index is 1.35. The second-order valence-electron chi connectivity index (χ2n) is 8.00. The summed E-state index contributed by atoms with van der Waals surface area (Å²) in [6.45, 7) is 7.05. The number of aliphatic imine (C=N–C) groups is 1. The van der Waals surface area contributed by atoms with E-state index in [1.807, 2.05) is 37.0 Å². The predicted molar refractivity (Wildman–Crippen MR) is 121 cm³/mol. The average molecular weight is 403 g/mol. The summed E-state index contributed by atoms with van der Waals surface area (Å²) in [4.78, 5) is 15.7. The fourth-order valence-corrected chi connectivity index (χ4v) is 4.33. The highest BCUT2D eigenvalue weighted by Gasteiger charge is 2.28. The van der Waals surface area contributed by atoms with Crippen molar-refractivity contribution < 1.29 is 0 Å². The zero-order valence-electron chi connectivity index (χ0n) is 18.0. The molecule has 0 aliphatic carbocycles. The number of aromatic nitrogens is 3. The molecular formula is C24H30N6. The van der Waals surface area contributed by atoms with Gasteiger partial charge < -0.3 is 10.2 Å². The molecule has 0 saturated carbocycles. The molecule has 0 radical (unpaired) electrons. The Hall–Kier alpha value is -3.15. The van der Waals surface area contributed by atoms with Crippen LogP contribution < -0.4 is 5.32 Å². The van der Waals surface area contributed by atoms with Crippen molar-refractivity contribution in [3.05, 3.63) is 78.0 Å².